The number of ether oxygens (including phenoxy) is 2. The van der Waals surface area contributed by atoms with Crippen molar-refractivity contribution >= 4 is 17.5 Å². The second kappa shape index (κ2) is 7.97. The van der Waals surface area contributed by atoms with Gasteiger partial charge in [-0.2, -0.15) is 0 Å². The molecular weight excluding hydrogens is 296 g/mol. The Kier molecular flexibility index (Phi) is 5.98. The Labute approximate surface area is 136 Å². The highest BCUT2D eigenvalue weighted by atomic mass is 16.5. The fourth-order valence-corrected chi connectivity index (χ4v) is 2.65. The molecule has 1 saturated heterocycles. The van der Waals surface area contributed by atoms with Crippen molar-refractivity contribution in [3.05, 3.63) is 23.8 Å². The molecule has 1 aliphatic rings. The number of anilines is 1. The second-order valence-corrected chi connectivity index (χ2v) is 5.64. The van der Waals surface area contributed by atoms with Crippen molar-refractivity contribution in [1.82, 2.24) is 5.32 Å². The number of amides is 2. The van der Waals surface area contributed by atoms with E-state index < -0.39 is 0 Å². The Balaban J connectivity index is 2.00. The maximum absolute atomic E-state index is 12.0. The highest BCUT2D eigenvalue weighted by Gasteiger charge is 2.23. The molecule has 0 bridgehead atoms. The molecule has 1 N–H and O–H groups in total. The number of benzene rings is 1. The minimum atomic E-state index is -0.353. The van der Waals surface area contributed by atoms with Gasteiger partial charge >= 0.3 is 0 Å². The van der Waals surface area contributed by atoms with Crippen molar-refractivity contribution in [2.75, 3.05) is 31.7 Å². The number of carbonyl (C=O) groups excluding carboxylic acids is 2. The van der Waals surface area contributed by atoms with Crippen molar-refractivity contribution in [1.29, 1.82) is 0 Å². The highest BCUT2D eigenvalue weighted by Crippen LogP contribution is 2.29. The van der Waals surface area contributed by atoms with E-state index in [0.717, 1.165) is 18.4 Å². The van der Waals surface area contributed by atoms with Crippen LogP contribution in [0.15, 0.2) is 18.2 Å². The summed E-state index contributed by atoms with van der Waals surface area (Å²) in [6.07, 6.45) is 1.32. The molecule has 1 aliphatic heterocycles. The molecule has 1 aromatic rings. The summed E-state index contributed by atoms with van der Waals surface area (Å²) in [6.45, 7) is 4.85. The molecule has 23 heavy (non-hydrogen) atoms. The lowest BCUT2D eigenvalue weighted by molar-refractivity contribution is -0.130. The average Bonchev–Trinajstić information content (AvgIpc) is 3.05. The zero-order valence-corrected chi connectivity index (χ0v) is 13.9. The highest BCUT2D eigenvalue weighted by molar-refractivity contribution is 5.93. The molecule has 2 rings (SSSR count). The molecule has 0 aromatic heterocycles. The van der Waals surface area contributed by atoms with Gasteiger partial charge in [-0.05, 0) is 37.5 Å². The average molecular weight is 320 g/mol. The molecule has 1 aromatic carbocycles. The topological polar surface area (TPSA) is 67.9 Å². The summed E-state index contributed by atoms with van der Waals surface area (Å²) in [5, 5.41) is 2.83. The number of methoxy groups -OCH3 is 1. The van der Waals surface area contributed by atoms with E-state index in [2.05, 4.69) is 5.32 Å². The van der Waals surface area contributed by atoms with Gasteiger partial charge in [0.15, 0.2) is 0 Å². The Morgan fingerprint density at radius 2 is 2.22 bits per heavy atom. The van der Waals surface area contributed by atoms with Gasteiger partial charge in [-0.15, -0.1) is 0 Å². The monoisotopic (exact) mass is 320 g/mol. The molecule has 1 atom stereocenters. The van der Waals surface area contributed by atoms with Crippen molar-refractivity contribution in [2.24, 2.45) is 0 Å². The van der Waals surface area contributed by atoms with Crippen molar-refractivity contribution in [3.63, 3.8) is 0 Å². The van der Waals surface area contributed by atoms with E-state index >= 15 is 0 Å². The van der Waals surface area contributed by atoms with Crippen LogP contribution in [0.3, 0.4) is 0 Å². The third-order valence-corrected chi connectivity index (χ3v) is 3.86. The fraction of sp³-hybridized carbons (Fsp3) is 0.529. The van der Waals surface area contributed by atoms with Gasteiger partial charge in [-0.3, -0.25) is 9.59 Å². The molecule has 0 radical (unpaired) electrons. The third kappa shape index (κ3) is 4.45. The van der Waals surface area contributed by atoms with E-state index in [4.69, 9.17) is 9.47 Å². The minimum absolute atomic E-state index is 0.0970. The normalized spacial score (nSPS) is 16.9. The van der Waals surface area contributed by atoms with Crippen LogP contribution in [0.5, 0.6) is 5.75 Å². The minimum Gasteiger partial charge on any atom is -0.495 e. The van der Waals surface area contributed by atoms with E-state index in [1.54, 1.807) is 12.0 Å². The Hall–Kier alpha value is -2.08. The van der Waals surface area contributed by atoms with Crippen LogP contribution in [0, 0.1) is 6.92 Å². The van der Waals surface area contributed by atoms with E-state index in [-0.39, 0.29) is 17.9 Å². The molecule has 0 aliphatic carbocycles. The number of carbonyl (C=O) groups is 2. The van der Waals surface area contributed by atoms with Crippen molar-refractivity contribution in [2.45, 2.75) is 32.8 Å². The lowest BCUT2D eigenvalue weighted by Crippen LogP contribution is -2.41. The summed E-state index contributed by atoms with van der Waals surface area (Å²) in [7, 11) is 1.58. The van der Waals surface area contributed by atoms with Gasteiger partial charge in [0, 0.05) is 26.6 Å². The quantitative estimate of drug-likeness (QED) is 0.865. The first kappa shape index (κ1) is 17.3. The van der Waals surface area contributed by atoms with Gasteiger partial charge in [0.2, 0.25) is 11.8 Å². The third-order valence-electron chi connectivity index (χ3n) is 3.86. The molecular formula is C17H24N2O4. The van der Waals surface area contributed by atoms with Crippen LogP contribution in [0.4, 0.5) is 5.69 Å². The predicted octanol–water partition coefficient (Wildman–Crippen LogP) is 1.65. The molecule has 2 amide bonds. The van der Waals surface area contributed by atoms with Crippen LogP contribution in [-0.4, -0.2) is 44.7 Å². The van der Waals surface area contributed by atoms with Crippen LogP contribution in [0.25, 0.3) is 0 Å². The van der Waals surface area contributed by atoms with Gasteiger partial charge < -0.3 is 19.7 Å². The Bertz CT molecular complexity index is 568. The van der Waals surface area contributed by atoms with Gasteiger partial charge in [-0.1, -0.05) is 6.07 Å². The standard InChI is InChI=1S/C17H24N2O4/c1-12-6-7-15(22-3)14(11-12)19(13(2)20)9-8-18-17(21)16-5-4-10-23-16/h6-7,11,16H,4-5,8-10H2,1-3H3,(H,18,21). The van der Waals surface area contributed by atoms with Crippen LogP contribution in [-0.2, 0) is 14.3 Å². The van der Waals surface area contributed by atoms with Gasteiger partial charge in [0.1, 0.15) is 11.9 Å². The summed E-state index contributed by atoms with van der Waals surface area (Å²) < 4.78 is 10.7. The van der Waals surface area contributed by atoms with Crippen LogP contribution in [0.2, 0.25) is 0 Å². The first-order valence-electron chi connectivity index (χ1n) is 7.85. The van der Waals surface area contributed by atoms with E-state index in [1.807, 2.05) is 25.1 Å². The van der Waals surface area contributed by atoms with E-state index in [9.17, 15) is 9.59 Å². The van der Waals surface area contributed by atoms with Crippen LogP contribution >= 0.6 is 0 Å². The number of rotatable bonds is 6. The summed E-state index contributed by atoms with van der Waals surface area (Å²) in [6, 6.07) is 5.67. The Morgan fingerprint density at radius 3 is 2.83 bits per heavy atom. The molecule has 1 heterocycles. The maximum Gasteiger partial charge on any atom is 0.249 e. The number of hydrogen-bond acceptors (Lipinski definition) is 4. The van der Waals surface area contributed by atoms with E-state index in [0.29, 0.717) is 31.1 Å². The summed E-state index contributed by atoms with van der Waals surface area (Å²) in [5.41, 5.74) is 1.75. The van der Waals surface area contributed by atoms with Gasteiger partial charge in [-0.25, -0.2) is 0 Å². The molecule has 1 fully saturated rings. The first-order valence-corrected chi connectivity index (χ1v) is 7.85. The lowest BCUT2D eigenvalue weighted by Gasteiger charge is -2.24. The predicted molar refractivity (Wildman–Crippen MR) is 87.7 cm³/mol. The number of hydrogen-bond donors (Lipinski definition) is 1. The summed E-state index contributed by atoms with van der Waals surface area (Å²) in [4.78, 5) is 25.5. The molecule has 0 spiro atoms. The summed E-state index contributed by atoms with van der Waals surface area (Å²) >= 11 is 0. The van der Waals surface area contributed by atoms with Gasteiger partial charge in [0.25, 0.3) is 0 Å². The van der Waals surface area contributed by atoms with E-state index in [1.165, 1.54) is 6.92 Å². The largest absolute Gasteiger partial charge is 0.495 e. The van der Waals surface area contributed by atoms with Crippen LogP contribution < -0.4 is 15.0 Å². The second-order valence-electron chi connectivity index (χ2n) is 5.64. The molecule has 0 saturated carbocycles. The Morgan fingerprint density at radius 1 is 1.43 bits per heavy atom. The number of nitrogens with one attached hydrogen (secondary N) is 1. The zero-order chi connectivity index (χ0) is 16.8. The molecule has 126 valence electrons. The first-order chi connectivity index (χ1) is 11.0. The fourth-order valence-electron chi connectivity index (χ4n) is 2.65. The number of aryl methyl sites for hydroxylation is 1. The van der Waals surface area contributed by atoms with Crippen molar-refractivity contribution in [3.8, 4) is 5.75 Å². The smallest absolute Gasteiger partial charge is 0.249 e. The zero-order valence-electron chi connectivity index (χ0n) is 13.9. The van der Waals surface area contributed by atoms with Crippen molar-refractivity contribution < 1.29 is 19.1 Å². The molecule has 6 heteroatoms. The number of nitrogens with zero attached hydrogens (tertiary/aromatic N) is 1. The lowest BCUT2D eigenvalue weighted by atomic mass is 10.2. The maximum atomic E-state index is 12.0. The SMILES string of the molecule is COc1ccc(C)cc1N(CCNC(=O)C1CCCO1)C(C)=O. The van der Waals surface area contributed by atoms with Crippen LogP contribution in [0.1, 0.15) is 25.3 Å². The summed E-state index contributed by atoms with van der Waals surface area (Å²) in [5.74, 6) is 0.429. The molecule has 1 unspecified atom stereocenters. The van der Waals surface area contributed by atoms with Gasteiger partial charge in [0.05, 0.1) is 12.8 Å². The molecule has 6 nitrogen and oxygen atoms in total.